The number of carbonyl (C=O) groups excluding carboxylic acids is 1. The molecule has 3 aliphatic rings. The van der Waals surface area contributed by atoms with Gasteiger partial charge in [-0.15, -0.1) is 11.5 Å². The minimum atomic E-state index is -1.35. The Morgan fingerprint density at radius 3 is 2.33 bits per heavy atom. The molecule has 2 atom stereocenters. The summed E-state index contributed by atoms with van der Waals surface area (Å²) in [7, 11) is -1.35. The second kappa shape index (κ2) is 8.87. The van der Waals surface area contributed by atoms with Crippen molar-refractivity contribution in [2.45, 2.75) is 69.7 Å². The van der Waals surface area contributed by atoms with Gasteiger partial charge < -0.3 is 4.74 Å². The van der Waals surface area contributed by atoms with E-state index in [1.807, 2.05) is 4.90 Å². The summed E-state index contributed by atoms with van der Waals surface area (Å²) in [6.07, 6.45) is 7.17. The fourth-order valence-electron chi connectivity index (χ4n) is 5.63. The van der Waals surface area contributed by atoms with E-state index in [1.165, 1.54) is 34.2 Å². The summed E-state index contributed by atoms with van der Waals surface area (Å²) < 4.78 is 6.01. The number of ether oxygens (including phenoxy) is 1. The molecule has 2 aromatic carbocycles. The van der Waals surface area contributed by atoms with Crippen LogP contribution < -0.4 is 0 Å². The molecule has 1 fully saturated rings. The lowest BCUT2D eigenvalue weighted by atomic mass is 9.84. The predicted octanol–water partition coefficient (Wildman–Crippen LogP) is 6.76. The van der Waals surface area contributed by atoms with Crippen LogP contribution in [-0.2, 0) is 4.74 Å². The van der Waals surface area contributed by atoms with Crippen LogP contribution >= 0.6 is 0 Å². The Balaban J connectivity index is 1.29. The van der Waals surface area contributed by atoms with E-state index in [9.17, 15) is 4.79 Å². The topological polar surface area (TPSA) is 29.5 Å². The number of hydrogen-bond donors (Lipinski definition) is 0. The second-order valence-electron chi connectivity index (χ2n) is 10.6. The molecule has 1 saturated heterocycles. The molecule has 170 valence electrons. The van der Waals surface area contributed by atoms with E-state index >= 15 is 0 Å². The van der Waals surface area contributed by atoms with Gasteiger partial charge in [0.2, 0.25) is 0 Å². The Labute approximate surface area is 198 Å². The Morgan fingerprint density at radius 2 is 1.70 bits per heavy atom. The highest BCUT2D eigenvalue weighted by atomic mass is 28.3. The predicted molar refractivity (Wildman–Crippen MR) is 137 cm³/mol. The van der Waals surface area contributed by atoms with Crippen LogP contribution in [0.2, 0.25) is 19.6 Å². The van der Waals surface area contributed by atoms with Gasteiger partial charge >= 0.3 is 6.09 Å². The lowest BCUT2D eigenvalue weighted by Gasteiger charge is -2.44. The molecule has 0 radical (unpaired) electrons. The molecule has 1 amide bonds. The molecule has 0 saturated carbocycles. The van der Waals surface area contributed by atoms with Gasteiger partial charge in [-0.05, 0) is 47.9 Å². The van der Waals surface area contributed by atoms with Gasteiger partial charge in [0.1, 0.15) is 14.7 Å². The standard InChI is InChI=1S/C29H33NO2Si/c1-33(2,3)17-9-10-21-18-22-11-8-12-23(19-21)30(22)29(31)32-20-28-26-15-6-4-13-24(26)25-14-5-7-16-27(25)28/h4-7,13-16,18,22-23,28H,8,10-12,19-20H2,1-3H3. The molecule has 4 heteroatoms. The zero-order chi connectivity index (χ0) is 23.0. The first-order valence-electron chi connectivity index (χ1n) is 12.2. The van der Waals surface area contributed by atoms with E-state index < -0.39 is 8.07 Å². The van der Waals surface area contributed by atoms with E-state index in [4.69, 9.17) is 4.74 Å². The third-order valence-electron chi connectivity index (χ3n) is 7.04. The van der Waals surface area contributed by atoms with Gasteiger partial charge in [-0.3, -0.25) is 4.90 Å². The van der Waals surface area contributed by atoms with Crippen molar-refractivity contribution in [2.24, 2.45) is 0 Å². The highest BCUT2D eigenvalue weighted by Crippen LogP contribution is 2.44. The van der Waals surface area contributed by atoms with E-state index in [2.05, 4.69) is 85.7 Å². The van der Waals surface area contributed by atoms with Crippen molar-refractivity contribution < 1.29 is 9.53 Å². The van der Waals surface area contributed by atoms with E-state index in [0.717, 1.165) is 25.7 Å². The van der Waals surface area contributed by atoms with Crippen molar-refractivity contribution in [1.82, 2.24) is 4.90 Å². The highest BCUT2D eigenvalue weighted by molar-refractivity contribution is 6.83. The van der Waals surface area contributed by atoms with Crippen molar-refractivity contribution in [1.29, 1.82) is 0 Å². The maximum Gasteiger partial charge on any atom is 0.410 e. The molecular weight excluding hydrogens is 422 g/mol. The summed E-state index contributed by atoms with van der Waals surface area (Å²) in [5.41, 5.74) is 9.92. The minimum Gasteiger partial charge on any atom is -0.448 e. The third-order valence-corrected chi connectivity index (χ3v) is 7.97. The van der Waals surface area contributed by atoms with Crippen LogP contribution in [0.15, 0.2) is 60.2 Å². The average Bonchev–Trinajstić information content (AvgIpc) is 3.10. The third kappa shape index (κ3) is 4.52. The van der Waals surface area contributed by atoms with Crippen LogP contribution in [0.4, 0.5) is 4.79 Å². The molecule has 0 N–H and O–H groups in total. The highest BCUT2D eigenvalue weighted by Gasteiger charge is 2.38. The molecule has 0 aromatic heterocycles. The number of hydrogen-bond acceptors (Lipinski definition) is 2. The molecule has 2 aromatic rings. The van der Waals surface area contributed by atoms with Crippen LogP contribution in [-0.4, -0.2) is 37.8 Å². The second-order valence-corrected chi connectivity index (χ2v) is 15.4. The summed E-state index contributed by atoms with van der Waals surface area (Å²) in [4.78, 5) is 15.3. The number of piperidine rings is 1. The van der Waals surface area contributed by atoms with Crippen LogP contribution in [0, 0.1) is 11.5 Å². The van der Waals surface area contributed by atoms with E-state index in [1.54, 1.807) is 0 Å². The first-order valence-corrected chi connectivity index (χ1v) is 15.7. The minimum absolute atomic E-state index is 0.105. The molecule has 2 bridgehead atoms. The van der Waals surface area contributed by atoms with Gasteiger partial charge in [0.05, 0.1) is 6.04 Å². The molecule has 2 heterocycles. The van der Waals surface area contributed by atoms with Gasteiger partial charge in [0, 0.05) is 18.4 Å². The number of rotatable bonds is 3. The first-order chi connectivity index (χ1) is 15.9. The zero-order valence-electron chi connectivity index (χ0n) is 19.9. The Kier molecular flexibility index (Phi) is 5.93. The van der Waals surface area contributed by atoms with E-state index in [-0.39, 0.29) is 24.1 Å². The number of amides is 1. The maximum absolute atomic E-state index is 13.3. The molecule has 0 spiro atoms. The number of benzene rings is 2. The van der Waals surface area contributed by atoms with Gasteiger partial charge in [-0.25, -0.2) is 4.79 Å². The normalized spacial score (nSPS) is 21.4. The van der Waals surface area contributed by atoms with Crippen molar-refractivity contribution >= 4 is 14.2 Å². The lowest BCUT2D eigenvalue weighted by Crippen LogP contribution is -2.52. The molecule has 2 aliphatic heterocycles. The summed E-state index contributed by atoms with van der Waals surface area (Å²) in [6, 6.07) is 17.4. The van der Waals surface area contributed by atoms with Crippen LogP contribution in [0.5, 0.6) is 0 Å². The summed E-state index contributed by atoms with van der Waals surface area (Å²) in [5.74, 6) is 3.52. The average molecular weight is 456 g/mol. The number of fused-ring (bicyclic) bond motifs is 5. The van der Waals surface area contributed by atoms with Crippen molar-refractivity contribution in [3.8, 4) is 22.6 Å². The maximum atomic E-state index is 13.3. The molecule has 3 nitrogen and oxygen atoms in total. The Morgan fingerprint density at radius 1 is 1.03 bits per heavy atom. The van der Waals surface area contributed by atoms with Crippen LogP contribution in [0.25, 0.3) is 11.1 Å². The van der Waals surface area contributed by atoms with E-state index in [0.29, 0.717) is 6.61 Å². The fourth-order valence-corrected chi connectivity index (χ4v) is 6.24. The monoisotopic (exact) mass is 455 g/mol. The first kappa shape index (κ1) is 22.0. The smallest absolute Gasteiger partial charge is 0.410 e. The molecular formula is C29H33NO2Si. The molecule has 1 aliphatic carbocycles. The summed E-state index contributed by atoms with van der Waals surface area (Å²) >= 11 is 0. The Hall–Kier alpha value is -2.77. The van der Waals surface area contributed by atoms with Crippen molar-refractivity contribution in [2.75, 3.05) is 6.61 Å². The van der Waals surface area contributed by atoms with Crippen molar-refractivity contribution in [3.63, 3.8) is 0 Å². The molecule has 33 heavy (non-hydrogen) atoms. The van der Waals surface area contributed by atoms with Gasteiger partial charge in [-0.1, -0.05) is 79.8 Å². The van der Waals surface area contributed by atoms with Crippen LogP contribution in [0.1, 0.15) is 49.1 Å². The SMILES string of the molecule is C[Si](C)(C)C#CCC1=CC2CCCC(C1)N2C(=O)OCC1c2ccccc2-c2ccccc21. The van der Waals surface area contributed by atoms with Gasteiger partial charge in [-0.2, -0.15) is 0 Å². The Bertz CT molecular complexity index is 1100. The largest absolute Gasteiger partial charge is 0.448 e. The van der Waals surface area contributed by atoms with Crippen LogP contribution in [0.3, 0.4) is 0 Å². The number of carbonyl (C=O) groups is 1. The van der Waals surface area contributed by atoms with Crippen molar-refractivity contribution in [3.05, 3.63) is 71.3 Å². The summed E-state index contributed by atoms with van der Waals surface area (Å²) in [5, 5.41) is 0. The van der Waals surface area contributed by atoms with Gasteiger partial charge in [0.15, 0.2) is 0 Å². The zero-order valence-corrected chi connectivity index (χ0v) is 20.9. The fraction of sp³-hybridized carbons (Fsp3) is 0.414. The van der Waals surface area contributed by atoms with Gasteiger partial charge in [0.25, 0.3) is 0 Å². The number of nitrogens with zero attached hydrogens (tertiary/aromatic N) is 1. The quantitative estimate of drug-likeness (QED) is 0.291. The summed E-state index contributed by atoms with van der Waals surface area (Å²) in [6.45, 7) is 7.23. The lowest BCUT2D eigenvalue weighted by molar-refractivity contribution is 0.0509. The molecule has 2 unspecified atom stereocenters. The molecule has 5 rings (SSSR count).